The van der Waals surface area contributed by atoms with Crippen molar-refractivity contribution in [1.29, 1.82) is 0 Å². The average molecular weight is 129 g/mol. The van der Waals surface area contributed by atoms with Crippen LogP contribution < -0.4 is 5.90 Å². The van der Waals surface area contributed by atoms with E-state index in [2.05, 4.69) is 25.3 Å². The number of rotatable bonds is 4. The lowest BCUT2D eigenvalue weighted by molar-refractivity contribution is 0.101. The molecular formula is C7H15NO. The Hall–Kier alpha value is -0.340. The van der Waals surface area contributed by atoms with E-state index in [1.807, 2.05) is 6.08 Å². The summed E-state index contributed by atoms with van der Waals surface area (Å²) in [6.45, 7) is 8.47. The van der Waals surface area contributed by atoms with Crippen molar-refractivity contribution in [3.05, 3.63) is 12.7 Å². The van der Waals surface area contributed by atoms with Gasteiger partial charge in [0.15, 0.2) is 0 Å². The highest BCUT2D eigenvalue weighted by Crippen LogP contribution is 2.10. The third-order valence-corrected chi connectivity index (χ3v) is 1.45. The molecule has 0 aliphatic rings. The smallest absolute Gasteiger partial charge is 0.0744 e. The molecule has 0 rings (SSSR count). The van der Waals surface area contributed by atoms with Gasteiger partial charge in [-0.05, 0) is 5.92 Å². The standard InChI is InChI=1S/C7H15NO/c1-4-7(5-9-8)6(2)3/h4,6-7H,1,5,8H2,2-3H3. The minimum absolute atomic E-state index is 0.384. The van der Waals surface area contributed by atoms with E-state index < -0.39 is 0 Å². The van der Waals surface area contributed by atoms with E-state index in [4.69, 9.17) is 5.90 Å². The monoisotopic (exact) mass is 129 g/mol. The maximum atomic E-state index is 4.90. The maximum absolute atomic E-state index is 4.90. The van der Waals surface area contributed by atoms with E-state index in [1.54, 1.807) is 0 Å². The molecule has 0 aliphatic heterocycles. The zero-order valence-electron chi connectivity index (χ0n) is 6.13. The molecule has 0 aromatic carbocycles. The predicted molar refractivity (Wildman–Crippen MR) is 38.7 cm³/mol. The summed E-state index contributed by atoms with van der Waals surface area (Å²) in [5.74, 6) is 5.84. The van der Waals surface area contributed by atoms with Gasteiger partial charge in [0.1, 0.15) is 0 Å². The molecule has 1 atom stereocenters. The van der Waals surface area contributed by atoms with Gasteiger partial charge in [0.25, 0.3) is 0 Å². The summed E-state index contributed by atoms with van der Waals surface area (Å²) in [6.07, 6.45) is 1.87. The lowest BCUT2D eigenvalue weighted by atomic mass is 9.97. The van der Waals surface area contributed by atoms with Crippen molar-refractivity contribution in [2.24, 2.45) is 17.7 Å². The van der Waals surface area contributed by atoms with Crippen LogP contribution in [0.3, 0.4) is 0 Å². The fourth-order valence-corrected chi connectivity index (χ4v) is 0.644. The Bertz CT molecular complexity index is 81.0. The van der Waals surface area contributed by atoms with Crippen molar-refractivity contribution in [2.45, 2.75) is 13.8 Å². The minimum atomic E-state index is 0.384. The van der Waals surface area contributed by atoms with Crippen LogP contribution in [0.1, 0.15) is 13.8 Å². The van der Waals surface area contributed by atoms with Crippen LogP contribution in [0, 0.1) is 11.8 Å². The van der Waals surface area contributed by atoms with Gasteiger partial charge in [0.05, 0.1) is 6.61 Å². The molecule has 0 fully saturated rings. The van der Waals surface area contributed by atoms with E-state index in [0.717, 1.165) is 0 Å². The summed E-state index contributed by atoms with van der Waals surface area (Å²) in [5.41, 5.74) is 0. The molecule has 0 aromatic rings. The summed E-state index contributed by atoms with van der Waals surface area (Å²) < 4.78 is 0. The second-order valence-electron chi connectivity index (χ2n) is 2.48. The van der Waals surface area contributed by atoms with Gasteiger partial charge in [-0.3, -0.25) is 0 Å². The van der Waals surface area contributed by atoms with Gasteiger partial charge in [-0.2, -0.15) is 0 Å². The molecule has 0 amide bonds. The second-order valence-corrected chi connectivity index (χ2v) is 2.48. The van der Waals surface area contributed by atoms with Gasteiger partial charge in [-0.25, -0.2) is 5.90 Å². The van der Waals surface area contributed by atoms with Gasteiger partial charge >= 0.3 is 0 Å². The molecule has 9 heavy (non-hydrogen) atoms. The zero-order chi connectivity index (χ0) is 7.28. The number of nitrogens with two attached hydrogens (primary N) is 1. The first-order chi connectivity index (χ1) is 4.22. The Labute approximate surface area is 56.6 Å². The third kappa shape index (κ3) is 3.27. The first-order valence-electron chi connectivity index (χ1n) is 3.16. The molecule has 0 aromatic heterocycles. The van der Waals surface area contributed by atoms with E-state index in [1.165, 1.54) is 0 Å². The van der Waals surface area contributed by atoms with E-state index in [9.17, 15) is 0 Å². The van der Waals surface area contributed by atoms with Crippen LogP contribution in [0.15, 0.2) is 12.7 Å². The Balaban J connectivity index is 3.54. The first kappa shape index (κ1) is 8.66. The van der Waals surface area contributed by atoms with Crippen molar-refractivity contribution in [1.82, 2.24) is 0 Å². The second kappa shape index (κ2) is 4.53. The van der Waals surface area contributed by atoms with Crippen LogP contribution in [0.25, 0.3) is 0 Å². The molecule has 0 bridgehead atoms. The van der Waals surface area contributed by atoms with Crippen LogP contribution in [-0.4, -0.2) is 6.61 Å². The van der Waals surface area contributed by atoms with Crippen LogP contribution in [0.4, 0.5) is 0 Å². The molecule has 2 heteroatoms. The third-order valence-electron chi connectivity index (χ3n) is 1.45. The Kier molecular flexibility index (Phi) is 4.36. The van der Waals surface area contributed by atoms with Crippen LogP contribution in [-0.2, 0) is 4.84 Å². The molecule has 2 nitrogen and oxygen atoms in total. The molecule has 0 radical (unpaired) electrons. The summed E-state index contributed by atoms with van der Waals surface area (Å²) in [7, 11) is 0. The lowest BCUT2D eigenvalue weighted by Crippen LogP contribution is -2.15. The van der Waals surface area contributed by atoms with E-state index in [-0.39, 0.29) is 0 Å². The van der Waals surface area contributed by atoms with Crippen molar-refractivity contribution in [2.75, 3.05) is 6.61 Å². The van der Waals surface area contributed by atoms with Gasteiger partial charge in [0, 0.05) is 5.92 Å². The Morgan fingerprint density at radius 3 is 2.33 bits per heavy atom. The summed E-state index contributed by atoms with van der Waals surface area (Å²) in [6, 6.07) is 0. The summed E-state index contributed by atoms with van der Waals surface area (Å²) in [4.78, 5) is 4.48. The molecule has 0 heterocycles. The van der Waals surface area contributed by atoms with Crippen LogP contribution >= 0.6 is 0 Å². The largest absolute Gasteiger partial charge is 0.304 e. The number of hydrogen-bond acceptors (Lipinski definition) is 2. The first-order valence-corrected chi connectivity index (χ1v) is 3.16. The highest BCUT2D eigenvalue weighted by Gasteiger charge is 2.07. The predicted octanol–water partition coefficient (Wildman–Crippen LogP) is 1.33. The van der Waals surface area contributed by atoms with Crippen molar-refractivity contribution in [3.8, 4) is 0 Å². The Morgan fingerprint density at radius 1 is 1.67 bits per heavy atom. The van der Waals surface area contributed by atoms with Crippen molar-refractivity contribution in [3.63, 3.8) is 0 Å². The molecule has 0 saturated heterocycles. The van der Waals surface area contributed by atoms with Gasteiger partial charge < -0.3 is 4.84 Å². The van der Waals surface area contributed by atoms with Crippen molar-refractivity contribution < 1.29 is 4.84 Å². The highest BCUT2D eigenvalue weighted by molar-refractivity contribution is 4.80. The summed E-state index contributed by atoms with van der Waals surface area (Å²) >= 11 is 0. The average Bonchev–Trinajstić information content (AvgIpc) is 1.82. The fourth-order valence-electron chi connectivity index (χ4n) is 0.644. The Morgan fingerprint density at radius 2 is 2.22 bits per heavy atom. The van der Waals surface area contributed by atoms with Gasteiger partial charge in [-0.15, -0.1) is 6.58 Å². The normalized spacial score (nSPS) is 13.8. The molecule has 0 spiro atoms. The molecule has 1 unspecified atom stereocenters. The molecule has 0 aliphatic carbocycles. The quantitative estimate of drug-likeness (QED) is 0.459. The van der Waals surface area contributed by atoms with Crippen molar-refractivity contribution >= 4 is 0 Å². The van der Waals surface area contributed by atoms with E-state index in [0.29, 0.717) is 18.4 Å². The zero-order valence-corrected chi connectivity index (χ0v) is 6.13. The molecule has 54 valence electrons. The van der Waals surface area contributed by atoms with Crippen LogP contribution in [0.2, 0.25) is 0 Å². The molecular weight excluding hydrogens is 114 g/mol. The molecule has 0 saturated carbocycles. The molecule has 2 N–H and O–H groups in total. The van der Waals surface area contributed by atoms with Gasteiger partial charge in [-0.1, -0.05) is 19.9 Å². The highest BCUT2D eigenvalue weighted by atomic mass is 16.6. The van der Waals surface area contributed by atoms with Crippen LogP contribution in [0.5, 0.6) is 0 Å². The van der Waals surface area contributed by atoms with Gasteiger partial charge in [0.2, 0.25) is 0 Å². The lowest BCUT2D eigenvalue weighted by Gasteiger charge is -2.13. The minimum Gasteiger partial charge on any atom is -0.304 e. The maximum Gasteiger partial charge on any atom is 0.0744 e. The van der Waals surface area contributed by atoms with E-state index >= 15 is 0 Å². The SMILES string of the molecule is C=CC(CON)C(C)C. The topological polar surface area (TPSA) is 35.2 Å². The fraction of sp³-hybridized carbons (Fsp3) is 0.714. The summed E-state index contributed by atoms with van der Waals surface area (Å²) in [5, 5.41) is 0. The number of hydrogen-bond donors (Lipinski definition) is 1.